The third-order valence-electron chi connectivity index (χ3n) is 7.75. The number of benzene rings is 2. The van der Waals surface area contributed by atoms with Crippen molar-refractivity contribution in [2.24, 2.45) is 17.3 Å². The van der Waals surface area contributed by atoms with E-state index in [-0.39, 0.29) is 11.2 Å². The topological polar surface area (TPSA) is 37.3 Å². The number of Topliss-reactive ketones (excluding diaryl/α,β-unsaturated/α-hetero) is 1. The predicted octanol–water partition coefficient (Wildman–Crippen LogP) is 8.09. The number of fused-ring (bicyclic) bond motifs is 1. The Morgan fingerprint density at radius 3 is 2.39 bits per heavy atom. The number of allylic oxidation sites excluding steroid dienone is 2. The SMILES string of the molecule is CC(=O)/C(=C(/O)C1(C)CCC2CCCC2C1)c1cc(C)c(-c2ccc(Cl)cc2)cc1C. The highest BCUT2D eigenvalue weighted by molar-refractivity contribution is 6.30. The lowest BCUT2D eigenvalue weighted by Crippen LogP contribution is -2.32. The first-order valence-corrected chi connectivity index (χ1v) is 11.9. The summed E-state index contributed by atoms with van der Waals surface area (Å²) in [6.07, 6.45) is 6.99. The number of aliphatic hydroxyl groups is 1. The van der Waals surface area contributed by atoms with Gasteiger partial charge in [0.1, 0.15) is 5.76 Å². The summed E-state index contributed by atoms with van der Waals surface area (Å²) in [5.74, 6) is 1.73. The molecular weight excluding hydrogens is 404 g/mol. The normalized spacial score (nSPS) is 26.4. The Bertz CT molecular complexity index is 1030. The lowest BCUT2D eigenvalue weighted by Gasteiger charge is -2.40. The van der Waals surface area contributed by atoms with Crippen LogP contribution in [-0.2, 0) is 4.79 Å². The summed E-state index contributed by atoms with van der Waals surface area (Å²) in [4.78, 5) is 12.8. The Labute approximate surface area is 191 Å². The number of ketones is 1. The van der Waals surface area contributed by atoms with Gasteiger partial charge in [0.15, 0.2) is 5.78 Å². The fraction of sp³-hybridized carbons (Fsp3) is 0.464. The van der Waals surface area contributed by atoms with Gasteiger partial charge in [-0.05, 0) is 91.8 Å². The highest BCUT2D eigenvalue weighted by Crippen LogP contribution is 2.53. The van der Waals surface area contributed by atoms with Gasteiger partial charge in [0.2, 0.25) is 0 Å². The van der Waals surface area contributed by atoms with Gasteiger partial charge in [0, 0.05) is 10.4 Å². The number of hydrogen-bond donors (Lipinski definition) is 1. The minimum atomic E-state index is -0.318. The minimum absolute atomic E-state index is 0.0611. The average Bonchev–Trinajstić information content (AvgIpc) is 3.18. The van der Waals surface area contributed by atoms with Gasteiger partial charge in [-0.15, -0.1) is 0 Å². The fourth-order valence-corrected chi connectivity index (χ4v) is 6.10. The zero-order valence-corrected chi connectivity index (χ0v) is 19.9. The Hall–Kier alpha value is -2.06. The minimum Gasteiger partial charge on any atom is -0.511 e. The molecule has 0 aliphatic heterocycles. The van der Waals surface area contributed by atoms with E-state index in [1.54, 1.807) is 6.92 Å². The van der Waals surface area contributed by atoms with E-state index in [0.717, 1.165) is 53.0 Å². The monoisotopic (exact) mass is 436 g/mol. The van der Waals surface area contributed by atoms with Crippen LogP contribution in [0.25, 0.3) is 16.7 Å². The number of aliphatic hydroxyl groups excluding tert-OH is 1. The van der Waals surface area contributed by atoms with Crippen LogP contribution in [0.3, 0.4) is 0 Å². The van der Waals surface area contributed by atoms with Gasteiger partial charge in [-0.1, -0.05) is 62.1 Å². The summed E-state index contributed by atoms with van der Waals surface area (Å²) in [7, 11) is 0. The first-order chi connectivity index (χ1) is 14.7. The number of carbonyl (C=O) groups excluding carboxylic acids is 1. The molecule has 0 aromatic heterocycles. The largest absolute Gasteiger partial charge is 0.511 e. The molecule has 0 spiro atoms. The summed E-state index contributed by atoms with van der Waals surface area (Å²) in [5, 5.41) is 12.2. The second kappa shape index (κ2) is 8.47. The van der Waals surface area contributed by atoms with E-state index in [9.17, 15) is 9.90 Å². The molecule has 4 rings (SSSR count). The Morgan fingerprint density at radius 1 is 1.03 bits per heavy atom. The Morgan fingerprint density at radius 2 is 1.71 bits per heavy atom. The predicted molar refractivity (Wildman–Crippen MR) is 129 cm³/mol. The maximum absolute atomic E-state index is 12.8. The van der Waals surface area contributed by atoms with Crippen LogP contribution in [0, 0.1) is 31.1 Å². The Kier molecular flexibility index (Phi) is 6.05. The smallest absolute Gasteiger partial charge is 0.163 e. The van der Waals surface area contributed by atoms with Crippen LogP contribution in [0.2, 0.25) is 5.02 Å². The average molecular weight is 437 g/mol. The number of hydrogen-bond acceptors (Lipinski definition) is 2. The van der Waals surface area contributed by atoms with E-state index in [2.05, 4.69) is 26.0 Å². The van der Waals surface area contributed by atoms with Crippen molar-refractivity contribution in [1.29, 1.82) is 0 Å². The highest BCUT2D eigenvalue weighted by Gasteiger charge is 2.43. The van der Waals surface area contributed by atoms with Crippen LogP contribution in [0.15, 0.2) is 42.2 Å². The molecule has 3 atom stereocenters. The van der Waals surface area contributed by atoms with Crippen LogP contribution in [0.4, 0.5) is 0 Å². The summed E-state index contributed by atoms with van der Waals surface area (Å²) >= 11 is 6.06. The van der Waals surface area contributed by atoms with Crippen molar-refractivity contribution >= 4 is 23.0 Å². The highest BCUT2D eigenvalue weighted by atomic mass is 35.5. The standard InChI is InChI=1S/C28H33ClO2/c1-17-15-25(18(2)14-24(17)21-8-10-23(29)11-9-21)26(19(3)30)27(31)28(4)13-12-20-6-5-7-22(20)16-28/h8-11,14-15,20,22,31H,5-7,12-13,16H2,1-4H3/b27-26-. The summed E-state index contributed by atoms with van der Waals surface area (Å²) < 4.78 is 0. The maximum atomic E-state index is 12.8. The number of carbonyl (C=O) groups is 1. The summed E-state index contributed by atoms with van der Waals surface area (Å²) in [5.41, 5.74) is 5.35. The molecule has 0 bridgehead atoms. The molecule has 164 valence electrons. The van der Waals surface area contributed by atoms with E-state index in [4.69, 9.17) is 11.6 Å². The van der Waals surface area contributed by atoms with E-state index >= 15 is 0 Å². The molecule has 2 aliphatic rings. The van der Waals surface area contributed by atoms with Gasteiger partial charge >= 0.3 is 0 Å². The van der Waals surface area contributed by atoms with Crippen molar-refractivity contribution in [2.45, 2.75) is 66.2 Å². The van der Waals surface area contributed by atoms with Crippen LogP contribution in [0.1, 0.15) is 69.1 Å². The molecule has 2 aromatic rings. The molecule has 2 aliphatic carbocycles. The molecule has 2 saturated carbocycles. The van der Waals surface area contributed by atoms with Crippen molar-refractivity contribution in [3.05, 3.63) is 63.9 Å². The third-order valence-corrected chi connectivity index (χ3v) is 8.00. The lowest BCUT2D eigenvalue weighted by molar-refractivity contribution is -0.112. The summed E-state index contributed by atoms with van der Waals surface area (Å²) in [6.45, 7) is 7.83. The molecule has 3 heteroatoms. The molecule has 0 radical (unpaired) electrons. The second-order valence-corrected chi connectivity index (χ2v) is 10.5. The van der Waals surface area contributed by atoms with E-state index < -0.39 is 0 Å². The molecular formula is C28H33ClO2. The molecule has 1 N–H and O–H groups in total. The first-order valence-electron chi connectivity index (χ1n) is 11.5. The first kappa shape index (κ1) is 22.1. The van der Waals surface area contributed by atoms with E-state index in [1.807, 2.05) is 31.2 Å². The molecule has 0 saturated heterocycles. The summed E-state index contributed by atoms with van der Waals surface area (Å²) in [6, 6.07) is 12.0. The van der Waals surface area contributed by atoms with Crippen molar-refractivity contribution in [3.8, 4) is 11.1 Å². The molecule has 3 unspecified atom stereocenters. The maximum Gasteiger partial charge on any atom is 0.163 e. The molecule has 2 nitrogen and oxygen atoms in total. The van der Waals surface area contributed by atoms with Crippen molar-refractivity contribution in [2.75, 3.05) is 0 Å². The van der Waals surface area contributed by atoms with Crippen LogP contribution < -0.4 is 0 Å². The van der Waals surface area contributed by atoms with Crippen LogP contribution >= 0.6 is 11.6 Å². The van der Waals surface area contributed by atoms with E-state index in [1.165, 1.54) is 19.3 Å². The lowest BCUT2D eigenvalue weighted by atomic mass is 9.65. The molecule has 0 heterocycles. The van der Waals surface area contributed by atoms with Gasteiger partial charge in [0.05, 0.1) is 5.57 Å². The molecule has 2 aromatic carbocycles. The molecule has 0 amide bonds. The van der Waals surface area contributed by atoms with Gasteiger partial charge in [-0.25, -0.2) is 0 Å². The molecule has 31 heavy (non-hydrogen) atoms. The number of aryl methyl sites for hydroxylation is 2. The molecule has 2 fully saturated rings. The van der Waals surface area contributed by atoms with Crippen molar-refractivity contribution < 1.29 is 9.90 Å². The van der Waals surface area contributed by atoms with Gasteiger partial charge < -0.3 is 5.11 Å². The fourth-order valence-electron chi connectivity index (χ4n) is 5.97. The zero-order chi connectivity index (χ0) is 22.3. The van der Waals surface area contributed by atoms with Crippen LogP contribution in [0.5, 0.6) is 0 Å². The number of rotatable bonds is 4. The third kappa shape index (κ3) is 4.20. The van der Waals surface area contributed by atoms with E-state index in [0.29, 0.717) is 22.3 Å². The van der Waals surface area contributed by atoms with Gasteiger partial charge in [-0.3, -0.25) is 4.79 Å². The quantitative estimate of drug-likeness (QED) is 0.388. The Balaban J connectivity index is 1.77. The van der Waals surface area contributed by atoms with Crippen LogP contribution in [-0.4, -0.2) is 10.9 Å². The van der Waals surface area contributed by atoms with Crippen molar-refractivity contribution in [1.82, 2.24) is 0 Å². The van der Waals surface area contributed by atoms with Gasteiger partial charge in [-0.2, -0.15) is 0 Å². The zero-order valence-electron chi connectivity index (χ0n) is 19.1. The van der Waals surface area contributed by atoms with Gasteiger partial charge in [0.25, 0.3) is 0 Å². The van der Waals surface area contributed by atoms with Crippen molar-refractivity contribution in [3.63, 3.8) is 0 Å². The number of halogens is 1. The second-order valence-electron chi connectivity index (χ2n) is 10.0.